The van der Waals surface area contributed by atoms with Crippen molar-refractivity contribution in [2.75, 3.05) is 10.6 Å². The molecular weight excluding hydrogens is 312 g/mol. The van der Waals surface area contributed by atoms with E-state index in [1.54, 1.807) is 11.0 Å². The molecule has 0 atom stereocenters. The Morgan fingerprint density at radius 2 is 1.44 bits per heavy atom. The summed E-state index contributed by atoms with van der Waals surface area (Å²) in [4.78, 5) is 8.68. The average Bonchev–Trinajstić information content (AvgIpc) is 2.93. The zero-order valence-electron chi connectivity index (χ0n) is 14.1. The highest BCUT2D eigenvalue weighted by Gasteiger charge is 2.12. The third-order valence-corrected chi connectivity index (χ3v) is 4.01. The zero-order chi connectivity index (χ0) is 17.2. The lowest BCUT2D eigenvalue weighted by molar-refractivity contribution is 0.773. The maximum Gasteiger partial charge on any atom is 0.163 e. The summed E-state index contributed by atoms with van der Waals surface area (Å²) in [6.07, 6.45) is 1.55. The summed E-state index contributed by atoms with van der Waals surface area (Å²) in [5.74, 6) is 0.763. The van der Waals surface area contributed by atoms with E-state index in [2.05, 4.69) is 25.7 Å². The van der Waals surface area contributed by atoms with Gasteiger partial charge in [0.05, 0.1) is 11.1 Å². The van der Waals surface area contributed by atoms with Crippen molar-refractivity contribution in [3.05, 3.63) is 66.6 Å². The number of rotatable bonds is 4. The molecule has 0 unspecified atom stereocenters. The number of para-hydroxylation sites is 1. The van der Waals surface area contributed by atoms with Gasteiger partial charge in [-0.3, -0.25) is 4.68 Å². The van der Waals surface area contributed by atoms with Gasteiger partial charge in [-0.05, 0) is 43.3 Å². The molecule has 0 aliphatic rings. The van der Waals surface area contributed by atoms with Crippen molar-refractivity contribution >= 4 is 33.9 Å². The monoisotopic (exact) mass is 330 g/mol. The van der Waals surface area contributed by atoms with E-state index in [1.165, 1.54) is 0 Å². The molecule has 2 heterocycles. The highest BCUT2D eigenvalue weighted by Crippen LogP contribution is 2.26. The van der Waals surface area contributed by atoms with E-state index in [9.17, 15) is 0 Å². The first-order valence-electron chi connectivity index (χ1n) is 8.04. The highest BCUT2D eigenvalue weighted by atomic mass is 15.3. The van der Waals surface area contributed by atoms with Crippen LogP contribution in [0.5, 0.6) is 0 Å². The Balaban J connectivity index is 1.58. The minimum Gasteiger partial charge on any atom is -0.356 e. The molecular formula is C19H18N6. The molecule has 0 saturated carbocycles. The van der Waals surface area contributed by atoms with E-state index in [1.807, 2.05) is 68.6 Å². The number of hydrogen-bond acceptors (Lipinski definition) is 5. The van der Waals surface area contributed by atoms with Crippen molar-refractivity contribution < 1.29 is 0 Å². The van der Waals surface area contributed by atoms with Crippen LogP contribution in [0.3, 0.4) is 0 Å². The fourth-order valence-electron chi connectivity index (χ4n) is 2.83. The van der Waals surface area contributed by atoms with Crippen molar-refractivity contribution in [1.29, 1.82) is 0 Å². The Labute approximate surface area is 145 Å². The minimum atomic E-state index is 0.763. The Bertz CT molecular complexity index is 1010. The quantitative estimate of drug-likeness (QED) is 0.588. The number of nitrogens with zero attached hydrogens (tertiary/aromatic N) is 4. The van der Waals surface area contributed by atoms with Gasteiger partial charge >= 0.3 is 0 Å². The highest BCUT2D eigenvalue weighted by molar-refractivity contribution is 5.90. The molecule has 2 aromatic carbocycles. The van der Waals surface area contributed by atoms with Crippen molar-refractivity contribution in [2.45, 2.75) is 6.92 Å². The number of hydrogen-bond donors (Lipinski definition) is 2. The van der Waals surface area contributed by atoms with Crippen molar-refractivity contribution in [3.8, 4) is 0 Å². The molecule has 0 saturated heterocycles. The van der Waals surface area contributed by atoms with Crippen LogP contribution in [0.2, 0.25) is 0 Å². The van der Waals surface area contributed by atoms with E-state index in [4.69, 9.17) is 0 Å². The van der Waals surface area contributed by atoms with Crippen LogP contribution < -0.4 is 10.6 Å². The molecule has 4 aromatic rings. The van der Waals surface area contributed by atoms with Gasteiger partial charge in [-0.25, -0.2) is 9.97 Å². The predicted molar refractivity (Wildman–Crippen MR) is 100 cm³/mol. The van der Waals surface area contributed by atoms with E-state index in [-0.39, 0.29) is 0 Å². The van der Waals surface area contributed by atoms with Crippen LogP contribution in [-0.2, 0) is 7.05 Å². The van der Waals surface area contributed by atoms with Gasteiger partial charge in [0.15, 0.2) is 5.65 Å². The summed E-state index contributed by atoms with van der Waals surface area (Å²) >= 11 is 0. The summed E-state index contributed by atoms with van der Waals surface area (Å²) in [6, 6.07) is 18.2. The Morgan fingerprint density at radius 1 is 0.800 bits per heavy atom. The van der Waals surface area contributed by atoms with Crippen molar-refractivity contribution in [2.24, 2.45) is 7.05 Å². The van der Waals surface area contributed by atoms with Gasteiger partial charge in [-0.2, -0.15) is 5.10 Å². The molecule has 0 spiro atoms. The molecule has 2 N–H and O–H groups in total. The molecule has 25 heavy (non-hydrogen) atoms. The first-order chi connectivity index (χ1) is 12.2. The number of fused-ring (bicyclic) bond motifs is 1. The number of nitrogens with one attached hydrogen (secondary N) is 2. The Morgan fingerprint density at radius 3 is 2.16 bits per heavy atom. The molecule has 0 fully saturated rings. The van der Waals surface area contributed by atoms with Gasteiger partial charge in [-0.15, -0.1) is 0 Å². The van der Waals surface area contributed by atoms with Crippen LogP contribution in [0.15, 0.2) is 60.9 Å². The van der Waals surface area contributed by atoms with Gasteiger partial charge < -0.3 is 10.6 Å². The maximum atomic E-state index is 4.42. The van der Waals surface area contributed by atoms with Gasteiger partial charge in [0.2, 0.25) is 0 Å². The first kappa shape index (κ1) is 15.1. The largest absolute Gasteiger partial charge is 0.356 e. The number of anilines is 4. The van der Waals surface area contributed by atoms with Gasteiger partial charge in [0.25, 0.3) is 0 Å². The fourth-order valence-corrected chi connectivity index (χ4v) is 2.83. The van der Waals surface area contributed by atoms with Crippen LogP contribution in [0, 0.1) is 6.92 Å². The van der Waals surface area contributed by atoms with Crippen molar-refractivity contribution in [1.82, 2.24) is 19.7 Å². The molecule has 0 aliphatic heterocycles. The second-order valence-electron chi connectivity index (χ2n) is 5.82. The third kappa shape index (κ3) is 3.01. The van der Waals surface area contributed by atoms with E-state index < -0.39 is 0 Å². The van der Waals surface area contributed by atoms with Crippen molar-refractivity contribution in [3.63, 3.8) is 0 Å². The minimum absolute atomic E-state index is 0.763. The average molecular weight is 330 g/mol. The normalized spacial score (nSPS) is 10.8. The van der Waals surface area contributed by atoms with Gasteiger partial charge in [0.1, 0.15) is 12.1 Å². The Kier molecular flexibility index (Phi) is 3.78. The van der Waals surface area contributed by atoms with E-state index >= 15 is 0 Å². The lowest BCUT2D eigenvalue weighted by Gasteiger charge is -2.09. The summed E-state index contributed by atoms with van der Waals surface area (Å²) in [5.41, 5.74) is 4.77. The summed E-state index contributed by atoms with van der Waals surface area (Å²) in [7, 11) is 1.89. The Hall–Kier alpha value is -3.41. The second kappa shape index (κ2) is 6.24. The number of benzene rings is 2. The maximum absolute atomic E-state index is 4.42. The lowest BCUT2D eigenvalue weighted by Crippen LogP contribution is -1.97. The van der Waals surface area contributed by atoms with Crippen LogP contribution in [0.4, 0.5) is 22.9 Å². The third-order valence-electron chi connectivity index (χ3n) is 4.01. The molecule has 0 bridgehead atoms. The summed E-state index contributed by atoms with van der Waals surface area (Å²) in [5, 5.41) is 12.1. The van der Waals surface area contributed by atoms with Crippen LogP contribution >= 0.6 is 0 Å². The molecule has 6 heteroatoms. The molecule has 6 nitrogen and oxygen atoms in total. The van der Waals surface area contributed by atoms with Crippen LogP contribution in [0.25, 0.3) is 11.0 Å². The topological polar surface area (TPSA) is 67.7 Å². The molecule has 4 rings (SSSR count). The zero-order valence-corrected chi connectivity index (χ0v) is 14.1. The summed E-state index contributed by atoms with van der Waals surface area (Å²) in [6.45, 7) is 1.96. The number of aryl methyl sites for hydroxylation is 2. The number of aromatic nitrogens is 4. The van der Waals surface area contributed by atoms with Gasteiger partial charge in [0, 0.05) is 24.1 Å². The smallest absolute Gasteiger partial charge is 0.163 e. The molecule has 0 radical (unpaired) electrons. The predicted octanol–water partition coefficient (Wildman–Crippen LogP) is 4.16. The van der Waals surface area contributed by atoms with Crippen LogP contribution in [0.1, 0.15) is 5.69 Å². The molecule has 0 amide bonds. The molecule has 0 aliphatic carbocycles. The molecule has 124 valence electrons. The lowest BCUT2D eigenvalue weighted by atomic mass is 10.2. The fraction of sp³-hybridized carbons (Fsp3) is 0.105. The van der Waals surface area contributed by atoms with E-state index in [0.717, 1.165) is 39.6 Å². The SMILES string of the molecule is Cc1nn(C)c2ncnc(Nc3ccc(Nc4ccccc4)cc3)c12. The van der Waals surface area contributed by atoms with Gasteiger partial charge in [-0.1, -0.05) is 18.2 Å². The summed E-state index contributed by atoms with van der Waals surface area (Å²) < 4.78 is 1.77. The standard InChI is InChI=1S/C19H18N6/c1-13-17-18(20-12-21-19(17)25(2)24-13)23-16-10-8-15(9-11-16)22-14-6-4-3-5-7-14/h3-12,22H,1-2H3,(H,20,21,23). The second-order valence-corrected chi connectivity index (χ2v) is 5.82. The first-order valence-corrected chi connectivity index (χ1v) is 8.04. The molecule has 2 aromatic heterocycles. The van der Waals surface area contributed by atoms with E-state index in [0.29, 0.717) is 0 Å². The van der Waals surface area contributed by atoms with Crippen LogP contribution in [-0.4, -0.2) is 19.7 Å².